The van der Waals surface area contributed by atoms with Gasteiger partial charge in [-0.3, -0.25) is 9.36 Å². The lowest BCUT2D eigenvalue weighted by atomic mass is 9.72. The van der Waals surface area contributed by atoms with Crippen molar-refractivity contribution < 1.29 is 4.79 Å². The molecule has 6 heteroatoms. The largest absolute Gasteiger partial charge is 0.311 e. The summed E-state index contributed by atoms with van der Waals surface area (Å²) in [7, 11) is 3.76. The van der Waals surface area contributed by atoms with E-state index in [1.165, 1.54) is 29.4 Å². The van der Waals surface area contributed by atoms with Crippen LogP contribution in [0.2, 0.25) is 0 Å². The number of rotatable bonds is 6. The van der Waals surface area contributed by atoms with Crippen LogP contribution in [0.4, 0.5) is 0 Å². The van der Waals surface area contributed by atoms with Crippen molar-refractivity contribution in [2.75, 3.05) is 14.1 Å². The van der Waals surface area contributed by atoms with Crippen LogP contribution in [0.3, 0.4) is 0 Å². The van der Waals surface area contributed by atoms with Crippen molar-refractivity contribution in [3.05, 3.63) is 84.0 Å². The van der Waals surface area contributed by atoms with Crippen LogP contribution in [0.15, 0.2) is 78.0 Å². The summed E-state index contributed by atoms with van der Waals surface area (Å²) in [6.45, 7) is 0. The second kappa shape index (κ2) is 8.64. The number of nitrogens with zero attached hydrogens (tertiary/aromatic N) is 3. The van der Waals surface area contributed by atoms with Crippen LogP contribution in [0, 0.1) is 0 Å². The summed E-state index contributed by atoms with van der Waals surface area (Å²) in [4.78, 5) is 16.7. The average molecular weight is 438 g/mol. The summed E-state index contributed by atoms with van der Waals surface area (Å²) in [6, 6.07) is 22.9. The standard InChI is InChI=1S/C27H27N5O/c1-28-27(14-6-15-27)21-11-9-20(10-12-21)25-22(19-7-4-3-5-8-19)17-23-24(30-25)13-16-32(18-33)26(23)31-29-2/h3-5,7-13,16-18,28-29H,6,14-15H2,1-2H3/b31-26-. The maximum Gasteiger partial charge on any atom is 0.219 e. The van der Waals surface area contributed by atoms with Gasteiger partial charge >= 0.3 is 0 Å². The third-order valence-electron chi connectivity index (χ3n) is 6.74. The average Bonchev–Trinajstić information content (AvgIpc) is 2.84. The van der Waals surface area contributed by atoms with Crippen molar-refractivity contribution in [3.63, 3.8) is 0 Å². The molecule has 1 aliphatic rings. The zero-order chi connectivity index (χ0) is 22.8. The molecule has 5 rings (SSSR count). The number of hydrogen-bond donors (Lipinski definition) is 2. The molecule has 1 saturated carbocycles. The maximum atomic E-state index is 11.6. The van der Waals surface area contributed by atoms with E-state index in [2.05, 4.69) is 58.3 Å². The first-order valence-electron chi connectivity index (χ1n) is 11.3. The summed E-state index contributed by atoms with van der Waals surface area (Å²) in [6.07, 6.45) is 6.04. The fraction of sp³-hybridized carbons (Fsp3) is 0.222. The fourth-order valence-corrected chi connectivity index (χ4v) is 4.72. The van der Waals surface area contributed by atoms with Crippen LogP contribution in [0.25, 0.3) is 33.3 Å². The van der Waals surface area contributed by atoms with Crippen LogP contribution >= 0.6 is 0 Å². The van der Waals surface area contributed by atoms with Crippen molar-refractivity contribution in [2.24, 2.45) is 5.10 Å². The highest BCUT2D eigenvalue weighted by atomic mass is 16.1. The Morgan fingerprint density at radius 1 is 1.00 bits per heavy atom. The Morgan fingerprint density at radius 3 is 2.36 bits per heavy atom. The van der Waals surface area contributed by atoms with Crippen LogP contribution in [0.1, 0.15) is 24.8 Å². The van der Waals surface area contributed by atoms with Crippen LogP contribution in [0.5, 0.6) is 0 Å². The maximum absolute atomic E-state index is 11.6. The Morgan fingerprint density at radius 2 is 1.76 bits per heavy atom. The molecule has 0 spiro atoms. The van der Waals surface area contributed by atoms with Gasteiger partial charge in [-0.25, -0.2) is 4.98 Å². The minimum Gasteiger partial charge on any atom is -0.311 e. The molecule has 2 aromatic carbocycles. The first-order valence-corrected chi connectivity index (χ1v) is 11.3. The molecule has 0 unspecified atom stereocenters. The van der Waals surface area contributed by atoms with Crippen LogP contribution < -0.4 is 16.2 Å². The smallest absolute Gasteiger partial charge is 0.219 e. The minimum absolute atomic E-state index is 0.101. The molecule has 1 fully saturated rings. The Hall–Kier alpha value is -3.77. The molecule has 2 aromatic heterocycles. The van der Waals surface area contributed by atoms with Gasteiger partial charge in [0.25, 0.3) is 0 Å². The lowest BCUT2D eigenvalue weighted by Gasteiger charge is -2.42. The lowest BCUT2D eigenvalue weighted by molar-refractivity contribution is 0.201. The van der Waals surface area contributed by atoms with Gasteiger partial charge in [0, 0.05) is 35.3 Å². The Labute approximate surface area is 193 Å². The van der Waals surface area contributed by atoms with Gasteiger partial charge in [-0.15, -0.1) is 0 Å². The highest BCUT2D eigenvalue weighted by Crippen LogP contribution is 2.41. The molecule has 0 bridgehead atoms. The van der Waals surface area contributed by atoms with Gasteiger partial charge in [0.1, 0.15) is 0 Å². The quantitative estimate of drug-likeness (QED) is 0.353. The van der Waals surface area contributed by atoms with Crippen molar-refractivity contribution in [1.29, 1.82) is 0 Å². The number of pyridine rings is 2. The van der Waals surface area contributed by atoms with Gasteiger partial charge in [-0.1, -0.05) is 54.6 Å². The van der Waals surface area contributed by atoms with E-state index in [-0.39, 0.29) is 5.54 Å². The van der Waals surface area contributed by atoms with E-state index in [1.807, 2.05) is 31.3 Å². The third kappa shape index (κ3) is 3.62. The normalized spacial score (nSPS) is 15.3. The highest BCUT2D eigenvalue weighted by molar-refractivity contribution is 5.91. The van der Waals surface area contributed by atoms with Gasteiger partial charge in [-0.05, 0) is 49.6 Å². The number of carbonyl (C=O) groups is 1. The number of nitrogens with one attached hydrogen (secondary N) is 2. The molecule has 2 N–H and O–H groups in total. The highest BCUT2D eigenvalue weighted by Gasteiger charge is 2.36. The fourth-order valence-electron chi connectivity index (χ4n) is 4.72. The van der Waals surface area contributed by atoms with E-state index >= 15 is 0 Å². The SMILES string of the molecule is CN/N=c1/c2cc(-c3ccccc3)c(-c3ccc(C4(NC)CCC4)cc3)nc2ccn1C=O. The minimum atomic E-state index is 0.101. The second-order valence-corrected chi connectivity index (χ2v) is 8.43. The van der Waals surface area contributed by atoms with Gasteiger partial charge in [-0.2, -0.15) is 5.10 Å². The zero-order valence-corrected chi connectivity index (χ0v) is 18.9. The summed E-state index contributed by atoms with van der Waals surface area (Å²) in [5.74, 6) is 0. The number of carbonyl (C=O) groups excluding carboxylic acids is 1. The molecular formula is C27H27N5O. The van der Waals surface area contributed by atoms with Gasteiger partial charge in [0.05, 0.1) is 11.2 Å². The number of fused-ring (bicyclic) bond motifs is 1. The van der Waals surface area contributed by atoms with Gasteiger partial charge < -0.3 is 10.7 Å². The second-order valence-electron chi connectivity index (χ2n) is 8.43. The first kappa shape index (κ1) is 21.1. The predicted octanol–water partition coefficient (Wildman–Crippen LogP) is 4.04. The molecule has 0 amide bonds. The van der Waals surface area contributed by atoms with Crippen molar-refractivity contribution in [1.82, 2.24) is 20.3 Å². The summed E-state index contributed by atoms with van der Waals surface area (Å²) < 4.78 is 1.46. The molecular weight excluding hydrogens is 410 g/mol. The summed E-state index contributed by atoms with van der Waals surface area (Å²) >= 11 is 0. The number of aromatic nitrogens is 2. The Bertz CT molecular complexity index is 1360. The predicted molar refractivity (Wildman–Crippen MR) is 132 cm³/mol. The van der Waals surface area contributed by atoms with E-state index in [0.29, 0.717) is 5.49 Å². The van der Waals surface area contributed by atoms with Gasteiger partial charge in [0.2, 0.25) is 6.41 Å². The Kier molecular flexibility index (Phi) is 5.52. The van der Waals surface area contributed by atoms with E-state index in [1.54, 1.807) is 13.2 Å². The van der Waals surface area contributed by atoms with E-state index in [4.69, 9.17) is 4.98 Å². The molecule has 33 heavy (non-hydrogen) atoms. The number of benzene rings is 2. The Balaban J connectivity index is 1.73. The summed E-state index contributed by atoms with van der Waals surface area (Å²) in [5.41, 5.74) is 9.57. The van der Waals surface area contributed by atoms with Gasteiger partial charge in [0.15, 0.2) is 5.49 Å². The monoisotopic (exact) mass is 437 g/mol. The lowest BCUT2D eigenvalue weighted by Crippen LogP contribution is -2.45. The molecule has 6 nitrogen and oxygen atoms in total. The molecule has 166 valence electrons. The van der Waals surface area contributed by atoms with Crippen molar-refractivity contribution >= 4 is 17.3 Å². The molecule has 1 aliphatic carbocycles. The van der Waals surface area contributed by atoms with E-state index in [0.717, 1.165) is 39.7 Å². The molecule has 0 atom stereocenters. The molecule has 0 aliphatic heterocycles. The van der Waals surface area contributed by atoms with E-state index < -0.39 is 0 Å². The number of hydrogen-bond acceptors (Lipinski definition) is 5. The molecule has 4 aromatic rings. The molecule has 0 saturated heterocycles. The topological polar surface area (TPSA) is 71.3 Å². The van der Waals surface area contributed by atoms with Crippen molar-refractivity contribution in [2.45, 2.75) is 24.8 Å². The van der Waals surface area contributed by atoms with E-state index in [9.17, 15) is 4.79 Å². The van der Waals surface area contributed by atoms with Crippen LogP contribution in [-0.2, 0) is 10.3 Å². The molecule has 0 radical (unpaired) electrons. The summed E-state index contributed by atoms with van der Waals surface area (Å²) in [5, 5.41) is 8.67. The van der Waals surface area contributed by atoms with Crippen molar-refractivity contribution in [3.8, 4) is 22.4 Å². The molecule has 2 heterocycles. The van der Waals surface area contributed by atoms with Crippen LogP contribution in [-0.4, -0.2) is 30.1 Å². The third-order valence-corrected chi connectivity index (χ3v) is 6.74. The zero-order valence-electron chi connectivity index (χ0n) is 18.9. The first-order chi connectivity index (χ1) is 16.2.